The van der Waals surface area contributed by atoms with Crippen molar-refractivity contribution in [2.75, 3.05) is 7.05 Å². The monoisotopic (exact) mass is 421 g/mol. The molecule has 0 saturated heterocycles. The summed E-state index contributed by atoms with van der Waals surface area (Å²) >= 11 is 6.12. The standard InChI is InChI=1S/C20H21ClFN3O2S/c1-3-16-17-9-11-19(21)23-20(17)25-12-14(6-10-18(16)25)24(2)28(26,27)15-7-4-13(22)5-8-15/h4-5,7-9,11,14H,3,6,10,12H2,1-2H3. The van der Waals surface area contributed by atoms with Crippen LogP contribution in [-0.4, -0.2) is 35.4 Å². The number of pyridine rings is 1. The van der Waals surface area contributed by atoms with E-state index in [9.17, 15) is 12.8 Å². The van der Waals surface area contributed by atoms with Gasteiger partial charge in [-0.2, -0.15) is 4.31 Å². The van der Waals surface area contributed by atoms with E-state index in [2.05, 4.69) is 16.5 Å². The third kappa shape index (κ3) is 3.11. The molecule has 1 atom stereocenters. The molecule has 0 N–H and O–H groups in total. The summed E-state index contributed by atoms with van der Waals surface area (Å²) in [5.74, 6) is -0.460. The number of likely N-dealkylation sites (N-methyl/N-ethyl adjacent to an activating group) is 1. The number of aromatic nitrogens is 2. The zero-order valence-corrected chi connectivity index (χ0v) is 17.3. The Morgan fingerprint density at radius 1 is 1.25 bits per heavy atom. The molecule has 1 unspecified atom stereocenters. The second kappa shape index (κ2) is 7.13. The van der Waals surface area contributed by atoms with E-state index in [-0.39, 0.29) is 10.9 Å². The number of hydrogen-bond donors (Lipinski definition) is 0. The van der Waals surface area contributed by atoms with Crippen molar-refractivity contribution in [3.8, 4) is 0 Å². The van der Waals surface area contributed by atoms with Crippen LogP contribution >= 0.6 is 11.6 Å². The fourth-order valence-electron chi connectivity index (χ4n) is 4.06. The van der Waals surface area contributed by atoms with Crippen molar-refractivity contribution in [3.05, 3.63) is 58.6 Å². The zero-order chi connectivity index (χ0) is 20.1. The van der Waals surface area contributed by atoms with Crippen molar-refractivity contribution in [1.29, 1.82) is 0 Å². The van der Waals surface area contributed by atoms with Gasteiger partial charge in [-0.1, -0.05) is 18.5 Å². The van der Waals surface area contributed by atoms with Crippen LogP contribution in [0.5, 0.6) is 0 Å². The van der Waals surface area contributed by atoms with Gasteiger partial charge in [-0.3, -0.25) is 0 Å². The summed E-state index contributed by atoms with van der Waals surface area (Å²) in [6, 6.07) is 8.50. The first-order valence-electron chi connectivity index (χ1n) is 9.23. The minimum atomic E-state index is -3.71. The van der Waals surface area contributed by atoms with Crippen molar-refractivity contribution in [2.24, 2.45) is 0 Å². The highest BCUT2D eigenvalue weighted by Gasteiger charge is 2.33. The summed E-state index contributed by atoms with van der Waals surface area (Å²) in [5.41, 5.74) is 3.26. The third-order valence-electron chi connectivity index (χ3n) is 5.56. The molecular weight excluding hydrogens is 401 g/mol. The molecule has 0 fully saturated rings. The van der Waals surface area contributed by atoms with Crippen molar-refractivity contribution in [3.63, 3.8) is 0 Å². The molecule has 4 rings (SSSR count). The summed E-state index contributed by atoms with van der Waals surface area (Å²) in [7, 11) is -2.13. The molecule has 28 heavy (non-hydrogen) atoms. The van der Waals surface area contributed by atoms with Gasteiger partial charge in [0.1, 0.15) is 16.6 Å². The van der Waals surface area contributed by atoms with Gasteiger partial charge in [0, 0.05) is 30.7 Å². The lowest BCUT2D eigenvalue weighted by molar-refractivity contribution is 0.293. The van der Waals surface area contributed by atoms with Crippen LogP contribution in [0.2, 0.25) is 5.15 Å². The molecule has 0 bridgehead atoms. The second-order valence-electron chi connectivity index (χ2n) is 7.06. The Morgan fingerprint density at radius 3 is 2.64 bits per heavy atom. The van der Waals surface area contributed by atoms with Crippen LogP contribution in [0, 0.1) is 5.82 Å². The molecule has 1 aliphatic heterocycles. The molecule has 0 radical (unpaired) electrons. The SMILES string of the molecule is CCc1c2n(c3nc(Cl)ccc13)CC(N(C)S(=O)(=O)c1ccc(F)cc1)CC2. The summed E-state index contributed by atoms with van der Waals surface area (Å²) < 4.78 is 42.7. The molecule has 1 aromatic carbocycles. The maximum atomic E-state index is 13.2. The fraction of sp³-hybridized carbons (Fsp3) is 0.350. The van der Waals surface area contributed by atoms with Gasteiger partial charge in [0.2, 0.25) is 10.0 Å². The van der Waals surface area contributed by atoms with Crippen LogP contribution in [0.3, 0.4) is 0 Å². The van der Waals surface area contributed by atoms with Crippen LogP contribution in [0.4, 0.5) is 4.39 Å². The number of benzene rings is 1. The highest BCUT2D eigenvalue weighted by Crippen LogP contribution is 2.33. The van der Waals surface area contributed by atoms with E-state index in [1.54, 1.807) is 13.1 Å². The average Bonchev–Trinajstić information content (AvgIpc) is 2.99. The van der Waals surface area contributed by atoms with Crippen molar-refractivity contribution < 1.29 is 12.8 Å². The van der Waals surface area contributed by atoms with Gasteiger partial charge in [-0.25, -0.2) is 17.8 Å². The fourth-order valence-corrected chi connectivity index (χ4v) is 5.58. The predicted octanol–water partition coefficient (Wildman–Crippen LogP) is 4.03. The topological polar surface area (TPSA) is 55.2 Å². The van der Waals surface area contributed by atoms with Gasteiger partial charge >= 0.3 is 0 Å². The van der Waals surface area contributed by atoms with Crippen LogP contribution < -0.4 is 0 Å². The highest BCUT2D eigenvalue weighted by atomic mass is 35.5. The molecule has 5 nitrogen and oxygen atoms in total. The number of rotatable bonds is 4. The predicted molar refractivity (Wildman–Crippen MR) is 108 cm³/mol. The molecule has 0 saturated carbocycles. The molecule has 3 aromatic rings. The van der Waals surface area contributed by atoms with Gasteiger partial charge in [0.25, 0.3) is 0 Å². The quantitative estimate of drug-likeness (QED) is 0.598. The largest absolute Gasteiger partial charge is 0.328 e. The first kappa shape index (κ1) is 19.4. The number of aryl methyl sites for hydroxylation is 1. The normalized spacial score (nSPS) is 17.2. The lowest BCUT2D eigenvalue weighted by atomic mass is 10.0. The van der Waals surface area contributed by atoms with E-state index < -0.39 is 15.8 Å². The van der Waals surface area contributed by atoms with Gasteiger partial charge in [-0.05, 0) is 61.2 Å². The number of fused-ring (bicyclic) bond motifs is 3. The van der Waals surface area contributed by atoms with E-state index in [1.165, 1.54) is 39.8 Å². The lowest BCUT2D eigenvalue weighted by Gasteiger charge is -2.32. The Bertz CT molecular complexity index is 1140. The van der Waals surface area contributed by atoms with Crippen molar-refractivity contribution in [2.45, 2.75) is 43.7 Å². The summed E-state index contributed by atoms with van der Waals surface area (Å²) in [5, 5.41) is 1.50. The van der Waals surface area contributed by atoms with Crippen LogP contribution in [0.15, 0.2) is 41.3 Å². The second-order valence-corrected chi connectivity index (χ2v) is 9.45. The number of halogens is 2. The molecule has 2 aromatic heterocycles. The molecule has 148 valence electrons. The molecule has 3 heterocycles. The highest BCUT2D eigenvalue weighted by molar-refractivity contribution is 7.89. The molecule has 0 amide bonds. The van der Waals surface area contributed by atoms with Crippen molar-refractivity contribution >= 4 is 32.7 Å². The lowest BCUT2D eigenvalue weighted by Crippen LogP contribution is -2.42. The van der Waals surface area contributed by atoms with Crippen LogP contribution in [0.25, 0.3) is 11.0 Å². The summed E-state index contributed by atoms with van der Waals surface area (Å²) in [4.78, 5) is 4.59. The van der Waals surface area contributed by atoms with Gasteiger partial charge in [-0.15, -0.1) is 0 Å². The van der Waals surface area contributed by atoms with E-state index in [4.69, 9.17) is 11.6 Å². The molecule has 1 aliphatic rings. The van der Waals surface area contributed by atoms with Gasteiger partial charge < -0.3 is 4.57 Å². The Kier molecular flexibility index (Phi) is 4.93. The first-order valence-corrected chi connectivity index (χ1v) is 11.0. The average molecular weight is 422 g/mol. The molecule has 8 heteroatoms. The van der Waals surface area contributed by atoms with Crippen LogP contribution in [-0.2, 0) is 29.4 Å². The van der Waals surface area contributed by atoms with Gasteiger partial charge in [0.15, 0.2) is 0 Å². The Balaban J connectivity index is 1.71. The van der Waals surface area contributed by atoms with Crippen LogP contribution in [0.1, 0.15) is 24.6 Å². The molecule has 0 aliphatic carbocycles. The smallest absolute Gasteiger partial charge is 0.243 e. The summed E-state index contributed by atoms with van der Waals surface area (Å²) in [6.07, 6.45) is 2.37. The third-order valence-corrected chi connectivity index (χ3v) is 7.70. The van der Waals surface area contributed by atoms with E-state index in [1.807, 2.05) is 6.07 Å². The number of hydrogen-bond acceptors (Lipinski definition) is 3. The maximum Gasteiger partial charge on any atom is 0.243 e. The minimum absolute atomic E-state index is 0.0926. The number of nitrogens with zero attached hydrogens (tertiary/aromatic N) is 3. The van der Waals surface area contributed by atoms with Gasteiger partial charge in [0.05, 0.1) is 4.90 Å². The van der Waals surface area contributed by atoms with E-state index in [0.29, 0.717) is 18.1 Å². The first-order chi connectivity index (χ1) is 13.3. The summed E-state index contributed by atoms with van der Waals surface area (Å²) in [6.45, 7) is 2.62. The van der Waals surface area contributed by atoms with E-state index in [0.717, 1.165) is 23.9 Å². The van der Waals surface area contributed by atoms with E-state index >= 15 is 0 Å². The maximum absolute atomic E-state index is 13.2. The molecule has 0 spiro atoms. The zero-order valence-electron chi connectivity index (χ0n) is 15.7. The Labute approximate surface area is 168 Å². The Hall–Kier alpha value is -1.96. The Morgan fingerprint density at radius 2 is 1.96 bits per heavy atom. The minimum Gasteiger partial charge on any atom is -0.328 e. The molecular formula is C20H21ClFN3O2S. The number of sulfonamides is 1. The van der Waals surface area contributed by atoms with Crippen molar-refractivity contribution in [1.82, 2.24) is 13.9 Å².